The molecule has 11 heavy (non-hydrogen) atoms. The molecule has 0 spiro atoms. The van der Waals surface area contributed by atoms with Crippen molar-refractivity contribution in [3.8, 4) is 0 Å². The Morgan fingerprint density at radius 2 is 2.55 bits per heavy atom. The summed E-state index contributed by atoms with van der Waals surface area (Å²) in [7, 11) is 0. The lowest BCUT2D eigenvalue weighted by Gasteiger charge is -2.16. The lowest BCUT2D eigenvalue weighted by Crippen LogP contribution is -2.40. The molecule has 1 N–H and O–H groups in total. The Hall–Kier alpha value is -1.26. The van der Waals surface area contributed by atoms with E-state index in [1.807, 2.05) is 11.9 Å². The zero-order chi connectivity index (χ0) is 8.27. The van der Waals surface area contributed by atoms with Gasteiger partial charge in [0.05, 0.1) is 0 Å². The Labute approximate surface area is 65.6 Å². The molecule has 0 aromatic rings. The normalized spacial score (nSPS) is 15.8. The van der Waals surface area contributed by atoms with E-state index in [0.29, 0.717) is 6.67 Å². The van der Waals surface area contributed by atoms with Crippen LogP contribution in [0.3, 0.4) is 0 Å². The summed E-state index contributed by atoms with van der Waals surface area (Å²) in [5, 5.41) is 7.50. The third-order valence-corrected chi connectivity index (χ3v) is 1.34. The predicted molar refractivity (Wildman–Crippen MR) is 41.4 cm³/mol. The number of nitrogens with zero attached hydrogens (tertiary/aromatic N) is 3. The van der Waals surface area contributed by atoms with Crippen LogP contribution < -0.4 is 5.43 Å². The highest BCUT2D eigenvalue weighted by Crippen LogP contribution is 1.97. The maximum absolute atomic E-state index is 10.6. The summed E-state index contributed by atoms with van der Waals surface area (Å²) in [6, 6.07) is 0. The number of amides is 1. The summed E-state index contributed by atoms with van der Waals surface area (Å²) >= 11 is 0. The zero-order valence-corrected chi connectivity index (χ0v) is 6.74. The highest BCUT2D eigenvalue weighted by atomic mass is 16.2. The summed E-state index contributed by atoms with van der Waals surface area (Å²) in [5.74, 6) is -0.0746. The van der Waals surface area contributed by atoms with Crippen LogP contribution in [-0.2, 0) is 4.79 Å². The van der Waals surface area contributed by atoms with Gasteiger partial charge < -0.3 is 0 Å². The van der Waals surface area contributed by atoms with Crippen LogP contribution in [0.15, 0.2) is 5.10 Å². The van der Waals surface area contributed by atoms with Crippen LogP contribution in [0.1, 0.15) is 13.8 Å². The van der Waals surface area contributed by atoms with Crippen molar-refractivity contribution in [1.29, 1.82) is 0 Å². The van der Waals surface area contributed by atoms with E-state index in [-0.39, 0.29) is 5.91 Å². The Balaban J connectivity index is 2.32. The summed E-state index contributed by atoms with van der Waals surface area (Å²) in [6.07, 6.45) is 1.60. The molecular formula is C6H12N4O. The Morgan fingerprint density at radius 3 is 3.00 bits per heavy atom. The maximum Gasteiger partial charge on any atom is 0.235 e. The topological polar surface area (TPSA) is 47.9 Å². The first kappa shape index (κ1) is 7.84. The van der Waals surface area contributed by atoms with Gasteiger partial charge in [0.2, 0.25) is 5.91 Å². The van der Waals surface area contributed by atoms with E-state index in [1.165, 1.54) is 6.92 Å². The molecule has 0 radical (unpaired) electrons. The lowest BCUT2D eigenvalue weighted by molar-refractivity contribution is -0.122. The summed E-state index contributed by atoms with van der Waals surface area (Å²) < 4.78 is 0. The number of hydrogen-bond donors (Lipinski definition) is 1. The second kappa shape index (κ2) is 3.23. The highest BCUT2D eigenvalue weighted by Gasteiger charge is 2.11. The van der Waals surface area contributed by atoms with Crippen molar-refractivity contribution in [2.24, 2.45) is 5.10 Å². The third kappa shape index (κ3) is 2.10. The molecule has 0 aromatic carbocycles. The lowest BCUT2D eigenvalue weighted by atomic mass is 10.7. The number of rotatable bonds is 2. The average molecular weight is 156 g/mol. The largest absolute Gasteiger partial charge is 0.274 e. The van der Waals surface area contributed by atoms with E-state index in [1.54, 1.807) is 11.3 Å². The van der Waals surface area contributed by atoms with E-state index in [0.717, 1.165) is 6.54 Å². The number of hydrazone groups is 1. The molecule has 0 fully saturated rings. The van der Waals surface area contributed by atoms with E-state index >= 15 is 0 Å². The second-order valence-electron chi connectivity index (χ2n) is 2.33. The van der Waals surface area contributed by atoms with Gasteiger partial charge in [-0.25, -0.2) is 0 Å². The molecule has 0 atom stereocenters. The van der Waals surface area contributed by atoms with Crippen LogP contribution in [0, 0.1) is 0 Å². The first-order valence-corrected chi connectivity index (χ1v) is 3.55. The number of nitrogens with one attached hydrogen (secondary N) is 1. The molecule has 0 saturated carbocycles. The molecule has 62 valence electrons. The number of carbonyl (C=O) groups excluding carboxylic acids is 1. The van der Waals surface area contributed by atoms with Gasteiger partial charge in [-0.2, -0.15) is 5.10 Å². The van der Waals surface area contributed by atoms with Gasteiger partial charge in [-0.3, -0.25) is 20.2 Å². The van der Waals surface area contributed by atoms with Crippen molar-refractivity contribution in [1.82, 2.24) is 15.4 Å². The Morgan fingerprint density at radius 1 is 1.82 bits per heavy atom. The van der Waals surface area contributed by atoms with Gasteiger partial charge in [-0.1, -0.05) is 0 Å². The van der Waals surface area contributed by atoms with Crippen LogP contribution in [0.4, 0.5) is 0 Å². The standard InChI is InChI=1S/C6H12N4O/c1-3-9-5-10(4-7-9)8-6(2)11/h4H,3,5H2,1-2H3,(H,8,11). The molecule has 0 aromatic heterocycles. The predicted octanol–water partition coefficient (Wildman–Crippen LogP) is -0.424. The zero-order valence-electron chi connectivity index (χ0n) is 6.74. The van der Waals surface area contributed by atoms with Gasteiger partial charge in [0, 0.05) is 13.5 Å². The smallest absolute Gasteiger partial charge is 0.235 e. The van der Waals surface area contributed by atoms with E-state index in [4.69, 9.17) is 0 Å². The van der Waals surface area contributed by atoms with Crippen molar-refractivity contribution in [2.75, 3.05) is 13.2 Å². The molecule has 5 nitrogen and oxygen atoms in total. The summed E-state index contributed by atoms with van der Waals surface area (Å²) in [4.78, 5) is 10.6. The molecule has 0 bridgehead atoms. The summed E-state index contributed by atoms with van der Waals surface area (Å²) in [5.41, 5.74) is 2.61. The number of hydrazine groups is 1. The Kier molecular flexibility index (Phi) is 2.30. The van der Waals surface area contributed by atoms with Gasteiger partial charge in [0.25, 0.3) is 0 Å². The van der Waals surface area contributed by atoms with Gasteiger partial charge in [0.1, 0.15) is 13.0 Å². The molecule has 1 heterocycles. The highest BCUT2D eigenvalue weighted by molar-refractivity contribution is 5.74. The quantitative estimate of drug-likeness (QED) is 0.590. The minimum Gasteiger partial charge on any atom is -0.274 e. The third-order valence-electron chi connectivity index (χ3n) is 1.34. The van der Waals surface area contributed by atoms with Crippen molar-refractivity contribution >= 4 is 12.2 Å². The number of hydrogen-bond acceptors (Lipinski definition) is 4. The molecule has 0 saturated heterocycles. The minimum atomic E-state index is -0.0746. The molecule has 0 aliphatic carbocycles. The van der Waals surface area contributed by atoms with E-state index in [2.05, 4.69) is 10.5 Å². The molecule has 5 heteroatoms. The van der Waals surface area contributed by atoms with Gasteiger partial charge >= 0.3 is 0 Å². The SMILES string of the molecule is CCN1CN(NC(C)=O)C=N1. The fourth-order valence-electron chi connectivity index (χ4n) is 0.832. The Bertz CT molecular complexity index is 179. The van der Waals surface area contributed by atoms with Crippen LogP contribution >= 0.6 is 0 Å². The molecule has 1 aliphatic heterocycles. The molecule has 1 amide bonds. The van der Waals surface area contributed by atoms with Crippen molar-refractivity contribution in [2.45, 2.75) is 13.8 Å². The number of carbonyl (C=O) groups is 1. The summed E-state index contributed by atoms with van der Waals surface area (Å²) in [6.45, 7) is 4.97. The van der Waals surface area contributed by atoms with E-state index < -0.39 is 0 Å². The first-order chi connectivity index (χ1) is 5.22. The average Bonchev–Trinajstić information content (AvgIpc) is 2.34. The minimum absolute atomic E-state index is 0.0746. The monoisotopic (exact) mass is 156 g/mol. The molecule has 1 aliphatic rings. The first-order valence-electron chi connectivity index (χ1n) is 3.55. The van der Waals surface area contributed by atoms with Crippen molar-refractivity contribution in [3.05, 3.63) is 0 Å². The molecule has 0 unspecified atom stereocenters. The van der Waals surface area contributed by atoms with Crippen LogP contribution in [0.25, 0.3) is 0 Å². The van der Waals surface area contributed by atoms with Gasteiger partial charge in [0.15, 0.2) is 0 Å². The van der Waals surface area contributed by atoms with Crippen LogP contribution in [-0.4, -0.2) is 35.5 Å². The van der Waals surface area contributed by atoms with Crippen molar-refractivity contribution < 1.29 is 4.79 Å². The van der Waals surface area contributed by atoms with Crippen molar-refractivity contribution in [3.63, 3.8) is 0 Å². The van der Waals surface area contributed by atoms with Gasteiger partial charge in [-0.05, 0) is 6.92 Å². The van der Waals surface area contributed by atoms with E-state index in [9.17, 15) is 4.79 Å². The molecule has 1 rings (SSSR count). The van der Waals surface area contributed by atoms with Crippen LogP contribution in [0.2, 0.25) is 0 Å². The fourth-order valence-corrected chi connectivity index (χ4v) is 0.832. The molecular weight excluding hydrogens is 144 g/mol. The fraction of sp³-hybridized carbons (Fsp3) is 0.667. The van der Waals surface area contributed by atoms with Gasteiger partial charge in [-0.15, -0.1) is 0 Å². The second-order valence-corrected chi connectivity index (χ2v) is 2.33. The maximum atomic E-state index is 10.6. The van der Waals surface area contributed by atoms with Crippen LogP contribution in [0.5, 0.6) is 0 Å².